The summed E-state index contributed by atoms with van der Waals surface area (Å²) in [4.78, 5) is 15.1. The predicted octanol–water partition coefficient (Wildman–Crippen LogP) is -0.214. The molecule has 6 nitrogen and oxygen atoms in total. The fourth-order valence-electron chi connectivity index (χ4n) is 1.57. The normalized spacial score (nSPS) is 23.5. The van der Waals surface area contributed by atoms with Crippen LogP contribution < -0.4 is 10.6 Å². The maximum absolute atomic E-state index is 10.4. The zero-order valence-corrected chi connectivity index (χ0v) is 9.49. The Morgan fingerprint density at radius 3 is 3.19 bits per heavy atom. The first-order valence-corrected chi connectivity index (χ1v) is 5.09. The molecule has 1 heterocycles. The fourth-order valence-corrected chi connectivity index (χ4v) is 1.57. The highest BCUT2D eigenvalue weighted by Crippen LogP contribution is 2.05. The number of rotatable bonds is 5. The Morgan fingerprint density at radius 1 is 1.81 bits per heavy atom. The predicted molar refractivity (Wildman–Crippen MR) is 60.2 cm³/mol. The van der Waals surface area contributed by atoms with Gasteiger partial charge >= 0.3 is 5.97 Å². The van der Waals surface area contributed by atoms with E-state index in [1.165, 1.54) is 7.11 Å². The van der Waals surface area contributed by atoms with Gasteiger partial charge in [-0.25, -0.2) is 4.79 Å². The van der Waals surface area contributed by atoms with Crippen LogP contribution in [0.15, 0.2) is 16.9 Å². The summed E-state index contributed by atoms with van der Waals surface area (Å²) in [6, 6.07) is 0. The summed E-state index contributed by atoms with van der Waals surface area (Å²) in [6.45, 7) is 3.94. The number of nitrogens with one attached hydrogen (secondary N) is 2. The number of hydrogen-bond donors (Lipinski definition) is 3. The van der Waals surface area contributed by atoms with Gasteiger partial charge in [0.2, 0.25) is 0 Å². The SMILES string of the molecule is CON=C1CNCC1CNC(C)=CC(=O)O. The number of carboxylic acid groups (broad SMARTS) is 1. The molecule has 1 saturated heterocycles. The highest BCUT2D eigenvalue weighted by molar-refractivity contribution is 5.90. The third kappa shape index (κ3) is 3.90. The second kappa shape index (κ2) is 6.12. The second-order valence-corrected chi connectivity index (χ2v) is 3.64. The topological polar surface area (TPSA) is 83.0 Å². The summed E-state index contributed by atoms with van der Waals surface area (Å²) in [5, 5.41) is 18.7. The molecule has 0 aliphatic carbocycles. The summed E-state index contributed by atoms with van der Waals surface area (Å²) in [6.07, 6.45) is 1.15. The van der Waals surface area contributed by atoms with Gasteiger partial charge in [-0.2, -0.15) is 0 Å². The fraction of sp³-hybridized carbons (Fsp3) is 0.600. The van der Waals surface area contributed by atoms with E-state index in [0.29, 0.717) is 12.2 Å². The molecule has 0 bridgehead atoms. The zero-order chi connectivity index (χ0) is 12.0. The molecule has 0 aromatic heterocycles. The van der Waals surface area contributed by atoms with Crippen molar-refractivity contribution in [2.45, 2.75) is 6.92 Å². The molecule has 90 valence electrons. The summed E-state index contributed by atoms with van der Waals surface area (Å²) in [5.74, 6) is -0.697. The van der Waals surface area contributed by atoms with Crippen LogP contribution >= 0.6 is 0 Å². The van der Waals surface area contributed by atoms with Crippen LogP contribution in [0.4, 0.5) is 0 Å². The molecule has 6 heteroatoms. The molecule has 0 amide bonds. The third-order valence-corrected chi connectivity index (χ3v) is 2.34. The Bertz CT molecular complexity index is 312. The number of nitrogens with zero attached hydrogens (tertiary/aromatic N) is 1. The zero-order valence-electron chi connectivity index (χ0n) is 9.49. The van der Waals surface area contributed by atoms with Crippen LogP contribution in [0.25, 0.3) is 0 Å². The van der Waals surface area contributed by atoms with Crippen molar-refractivity contribution < 1.29 is 14.7 Å². The Kier molecular flexibility index (Phi) is 4.78. The monoisotopic (exact) mass is 227 g/mol. The molecule has 1 unspecified atom stereocenters. The van der Waals surface area contributed by atoms with Gasteiger partial charge in [-0.05, 0) is 6.92 Å². The van der Waals surface area contributed by atoms with Gasteiger partial charge in [0.1, 0.15) is 7.11 Å². The maximum Gasteiger partial charge on any atom is 0.330 e. The Morgan fingerprint density at radius 2 is 2.56 bits per heavy atom. The first kappa shape index (κ1) is 12.5. The highest BCUT2D eigenvalue weighted by atomic mass is 16.6. The number of allylic oxidation sites excluding steroid dienone is 1. The summed E-state index contributed by atoms with van der Waals surface area (Å²) in [7, 11) is 1.52. The minimum Gasteiger partial charge on any atom is -0.478 e. The molecule has 0 aromatic carbocycles. The van der Waals surface area contributed by atoms with Gasteiger partial charge in [-0.3, -0.25) is 0 Å². The lowest BCUT2D eigenvalue weighted by Crippen LogP contribution is -2.27. The van der Waals surface area contributed by atoms with Crippen LogP contribution in [0, 0.1) is 5.92 Å². The molecule has 1 aliphatic rings. The summed E-state index contributed by atoms with van der Waals surface area (Å²) in [5.41, 5.74) is 1.59. The van der Waals surface area contributed by atoms with Gasteiger partial charge in [0.25, 0.3) is 0 Å². The second-order valence-electron chi connectivity index (χ2n) is 3.64. The van der Waals surface area contributed by atoms with E-state index in [1.807, 2.05) is 0 Å². The van der Waals surface area contributed by atoms with Crippen LogP contribution in [0.3, 0.4) is 0 Å². The van der Waals surface area contributed by atoms with Crippen molar-refractivity contribution in [2.75, 3.05) is 26.7 Å². The van der Waals surface area contributed by atoms with E-state index in [2.05, 4.69) is 15.8 Å². The van der Waals surface area contributed by atoms with E-state index in [-0.39, 0.29) is 5.92 Å². The van der Waals surface area contributed by atoms with E-state index < -0.39 is 5.97 Å². The standard InChI is InChI=1S/C10H17N3O3/c1-7(3-10(14)15)12-5-8-4-11-6-9(8)13-16-2/h3,8,11-12H,4-6H2,1-2H3,(H,14,15). The number of hydrogen-bond acceptors (Lipinski definition) is 5. The Hall–Kier alpha value is -1.56. The van der Waals surface area contributed by atoms with Crippen LogP contribution in [0.1, 0.15) is 6.92 Å². The maximum atomic E-state index is 10.4. The van der Waals surface area contributed by atoms with Crippen molar-refractivity contribution >= 4 is 11.7 Å². The molecular formula is C10H17N3O3. The quantitative estimate of drug-likeness (QED) is 0.447. The van der Waals surface area contributed by atoms with Crippen molar-refractivity contribution in [2.24, 2.45) is 11.1 Å². The molecule has 1 atom stereocenters. The molecule has 0 aromatic rings. The van der Waals surface area contributed by atoms with Gasteiger partial charge < -0.3 is 20.6 Å². The molecule has 1 aliphatic heterocycles. The van der Waals surface area contributed by atoms with Gasteiger partial charge in [-0.1, -0.05) is 5.16 Å². The number of carbonyl (C=O) groups is 1. The Labute approximate surface area is 94.3 Å². The molecule has 3 N–H and O–H groups in total. The van der Waals surface area contributed by atoms with Gasteiger partial charge in [0.15, 0.2) is 0 Å². The van der Waals surface area contributed by atoms with E-state index >= 15 is 0 Å². The number of oxime groups is 1. The first-order chi connectivity index (χ1) is 7.63. The lowest BCUT2D eigenvalue weighted by Gasteiger charge is -2.11. The van der Waals surface area contributed by atoms with Crippen molar-refractivity contribution in [3.63, 3.8) is 0 Å². The minimum absolute atomic E-state index is 0.247. The lowest BCUT2D eigenvalue weighted by atomic mass is 10.1. The largest absolute Gasteiger partial charge is 0.478 e. The number of carboxylic acids is 1. The van der Waals surface area contributed by atoms with Crippen LogP contribution in [-0.4, -0.2) is 43.5 Å². The van der Waals surface area contributed by atoms with E-state index in [0.717, 1.165) is 24.9 Å². The molecular weight excluding hydrogens is 210 g/mol. The lowest BCUT2D eigenvalue weighted by molar-refractivity contribution is -0.131. The van der Waals surface area contributed by atoms with Gasteiger partial charge in [-0.15, -0.1) is 0 Å². The van der Waals surface area contributed by atoms with E-state index in [9.17, 15) is 4.79 Å². The molecule has 0 radical (unpaired) electrons. The van der Waals surface area contributed by atoms with Crippen molar-refractivity contribution in [3.8, 4) is 0 Å². The van der Waals surface area contributed by atoms with Gasteiger partial charge in [0, 0.05) is 37.3 Å². The Balaban J connectivity index is 2.43. The average molecular weight is 227 g/mol. The number of aliphatic carboxylic acids is 1. The first-order valence-electron chi connectivity index (χ1n) is 5.09. The summed E-state index contributed by atoms with van der Waals surface area (Å²) < 4.78 is 0. The highest BCUT2D eigenvalue weighted by Gasteiger charge is 2.22. The molecule has 16 heavy (non-hydrogen) atoms. The molecule has 1 fully saturated rings. The minimum atomic E-state index is -0.944. The van der Waals surface area contributed by atoms with Crippen molar-refractivity contribution in [3.05, 3.63) is 11.8 Å². The van der Waals surface area contributed by atoms with E-state index in [1.54, 1.807) is 6.92 Å². The van der Waals surface area contributed by atoms with Crippen molar-refractivity contribution in [1.82, 2.24) is 10.6 Å². The third-order valence-electron chi connectivity index (χ3n) is 2.34. The van der Waals surface area contributed by atoms with Crippen LogP contribution in [0.5, 0.6) is 0 Å². The molecule has 1 rings (SSSR count). The molecule has 0 spiro atoms. The molecule has 0 saturated carbocycles. The van der Waals surface area contributed by atoms with Gasteiger partial charge in [0.05, 0.1) is 5.71 Å². The summed E-state index contributed by atoms with van der Waals surface area (Å²) >= 11 is 0. The smallest absolute Gasteiger partial charge is 0.330 e. The van der Waals surface area contributed by atoms with Crippen LogP contribution in [-0.2, 0) is 9.63 Å². The van der Waals surface area contributed by atoms with Crippen molar-refractivity contribution in [1.29, 1.82) is 0 Å². The van der Waals surface area contributed by atoms with Crippen LogP contribution in [0.2, 0.25) is 0 Å². The van der Waals surface area contributed by atoms with E-state index in [4.69, 9.17) is 9.94 Å². The average Bonchev–Trinajstić information content (AvgIpc) is 2.62.